The summed E-state index contributed by atoms with van der Waals surface area (Å²) in [5, 5.41) is 1.85. The third kappa shape index (κ3) is 5.72. The molecule has 0 unspecified atom stereocenters. The van der Waals surface area contributed by atoms with Crippen molar-refractivity contribution < 1.29 is 37.7 Å². The van der Waals surface area contributed by atoms with E-state index >= 15 is 0 Å². The maximum Gasteiger partial charge on any atom is 0.305 e. The predicted octanol–water partition coefficient (Wildman–Crippen LogP) is 3.30. The van der Waals surface area contributed by atoms with E-state index in [-0.39, 0.29) is 11.6 Å². The number of esters is 2. The van der Waals surface area contributed by atoms with Crippen molar-refractivity contribution in [2.45, 2.75) is 90.0 Å². The molecule has 5 atom stereocenters. The SMILES string of the molecule is CC(=O)OC[C@@H]1O[C@H](OC(C)=O)[C@H]2OC(C)(C)O[C@@H]2[C@@H]1O[Si](c1ccccc1)(c1ccccc1)C(C)(C)C. The zero-order chi connectivity index (χ0) is 27.7. The second kappa shape index (κ2) is 10.9. The minimum atomic E-state index is -3.06. The fourth-order valence-corrected chi connectivity index (χ4v) is 10.2. The second-order valence-electron chi connectivity index (χ2n) is 11.3. The van der Waals surface area contributed by atoms with Gasteiger partial charge in [-0.25, -0.2) is 0 Å². The van der Waals surface area contributed by atoms with E-state index in [9.17, 15) is 9.59 Å². The van der Waals surface area contributed by atoms with Crippen molar-refractivity contribution in [1.29, 1.82) is 0 Å². The highest BCUT2D eigenvalue weighted by molar-refractivity contribution is 6.99. The van der Waals surface area contributed by atoms with Crippen LogP contribution < -0.4 is 10.4 Å². The molecule has 2 aliphatic rings. The lowest BCUT2D eigenvalue weighted by molar-refractivity contribution is -0.270. The summed E-state index contributed by atoms with van der Waals surface area (Å²) < 4.78 is 37.2. The van der Waals surface area contributed by atoms with Crippen LogP contribution >= 0.6 is 0 Å². The molecule has 2 aromatic carbocycles. The third-order valence-corrected chi connectivity index (χ3v) is 11.9. The lowest BCUT2D eigenvalue weighted by Gasteiger charge is -2.49. The van der Waals surface area contributed by atoms with Gasteiger partial charge in [-0.2, -0.15) is 0 Å². The summed E-state index contributed by atoms with van der Waals surface area (Å²) >= 11 is 0. The molecule has 2 saturated heterocycles. The number of benzene rings is 2. The number of hydrogen-bond donors (Lipinski definition) is 0. The largest absolute Gasteiger partial charge is 0.463 e. The van der Waals surface area contributed by atoms with Gasteiger partial charge in [0.05, 0.1) is 0 Å². The van der Waals surface area contributed by atoms with Crippen LogP contribution in [0.2, 0.25) is 5.04 Å². The molecule has 9 heteroatoms. The molecule has 0 spiro atoms. The molecule has 38 heavy (non-hydrogen) atoms. The molecule has 0 aliphatic carbocycles. The number of carbonyl (C=O) groups is 2. The van der Waals surface area contributed by atoms with Crippen LogP contribution in [0.3, 0.4) is 0 Å². The molecule has 0 aromatic heterocycles. The minimum absolute atomic E-state index is 0.0943. The molecular formula is C29H38O8Si. The smallest absolute Gasteiger partial charge is 0.305 e. The molecule has 4 rings (SSSR count). The number of hydrogen-bond acceptors (Lipinski definition) is 8. The Bertz CT molecular complexity index is 1070. The molecule has 2 heterocycles. The van der Waals surface area contributed by atoms with Crippen molar-refractivity contribution in [3.8, 4) is 0 Å². The van der Waals surface area contributed by atoms with Crippen molar-refractivity contribution in [3.05, 3.63) is 60.7 Å². The van der Waals surface area contributed by atoms with Crippen LogP contribution in [0.5, 0.6) is 0 Å². The Labute approximate surface area is 225 Å². The summed E-state index contributed by atoms with van der Waals surface area (Å²) in [4.78, 5) is 23.8. The van der Waals surface area contributed by atoms with Gasteiger partial charge in [-0.1, -0.05) is 81.4 Å². The number of fused-ring (bicyclic) bond motifs is 1. The van der Waals surface area contributed by atoms with Gasteiger partial charge >= 0.3 is 11.9 Å². The van der Waals surface area contributed by atoms with Gasteiger partial charge < -0.3 is 28.1 Å². The van der Waals surface area contributed by atoms with Crippen LogP contribution in [0.15, 0.2) is 60.7 Å². The standard InChI is InChI=1S/C29H38O8Si/c1-19(30)32-18-23-24(25-26(36-29(6,7)35-25)27(34-23)33-20(2)31)37-38(28(3,4)5,21-14-10-8-11-15-21)22-16-12-9-13-17-22/h8-17,23-27H,18H2,1-7H3/t23-,24+,25+,26-,27-/m0/s1. The summed E-state index contributed by atoms with van der Waals surface area (Å²) in [6.45, 7) is 12.7. The second-order valence-corrected chi connectivity index (χ2v) is 15.5. The number of rotatable bonds is 7. The summed E-state index contributed by atoms with van der Waals surface area (Å²) in [5.41, 5.74) is 0. The van der Waals surface area contributed by atoms with Gasteiger partial charge in [0.1, 0.15) is 24.9 Å². The summed E-state index contributed by atoms with van der Waals surface area (Å²) in [5.74, 6) is -1.94. The van der Waals surface area contributed by atoms with Crippen LogP contribution in [-0.2, 0) is 37.7 Å². The monoisotopic (exact) mass is 542 g/mol. The fraction of sp³-hybridized carbons (Fsp3) is 0.517. The van der Waals surface area contributed by atoms with E-state index in [4.69, 9.17) is 28.1 Å². The topological polar surface area (TPSA) is 89.5 Å². The third-order valence-electron chi connectivity index (χ3n) is 6.89. The summed E-state index contributed by atoms with van der Waals surface area (Å²) in [7, 11) is -3.06. The molecular weight excluding hydrogens is 504 g/mol. The molecule has 2 aliphatic heterocycles. The van der Waals surface area contributed by atoms with Gasteiger partial charge in [-0.15, -0.1) is 0 Å². The molecule has 206 valence electrons. The highest BCUT2D eigenvalue weighted by Crippen LogP contribution is 2.44. The lowest BCUT2D eigenvalue weighted by Crippen LogP contribution is -2.71. The van der Waals surface area contributed by atoms with Gasteiger partial charge in [0.15, 0.2) is 11.9 Å². The van der Waals surface area contributed by atoms with Crippen molar-refractivity contribution >= 4 is 30.6 Å². The predicted molar refractivity (Wildman–Crippen MR) is 143 cm³/mol. The normalized spacial score (nSPS) is 26.9. The first kappa shape index (κ1) is 28.4. The van der Waals surface area contributed by atoms with Crippen LogP contribution in [0.1, 0.15) is 48.5 Å². The average molecular weight is 543 g/mol. The van der Waals surface area contributed by atoms with Gasteiger partial charge in [-0.3, -0.25) is 9.59 Å². The maximum absolute atomic E-state index is 11.9. The molecule has 0 radical (unpaired) electrons. The van der Waals surface area contributed by atoms with E-state index in [2.05, 4.69) is 45.0 Å². The molecule has 0 amide bonds. The van der Waals surface area contributed by atoms with E-state index in [1.165, 1.54) is 13.8 Å². The van der Waals surface area contributed by atoms with Crippen LogP contribution in [0.4, 0.5) is 0 Å². The zero-order valence-electron chi connectivity index (χ0n) is 23.1. The molecule has 0 saturated carbocycles. The Morgan fingerprint density at radius 1 is 0.868 bits per heavy atom. The molecule has 0 N–H and O–H groups in total. The van der Waals surface area contributed by atoms with Crippen LogP contribution in [0.25, 0.3) is 0 Å². The van der Waals surface area contributed by atoms with Gasteiger partial charge in [0.25, 0.3) is 8.32 Å². The summed E-state index contributed by atoms with van der Waals surface area (Å²) in [6, 6.07) is 20.4. The van der Waals surface area contributed by atoms with Crippen LogP contribution in [0, 0.1) is 0 Å². The van der Waals surface area contributed by atoms with Crippen molar-refractivity contribution in [1.82, 2.24) is 0 Å². The van der Waals surface area contributed by atoms with Gasteiger partial charge in [0, 0.05) is 13.8 Å². The van der Waals surface area contributed by atoms with Crippen molar-refractivity contribution in [2.75, 3.05) is 6.61 Å². The number of carbonyl (C=O) groups excluding carboxylic acids is 2. The highest BCUT2D eigenvalue weighted by Gasteiger charge is 2.61. The molecule has 2 aromatic rings. The first-order valence-corrected chi connectivity index (χ1v) is 14.9. The quantitative estimate of drug-likeness (QED) is 0.389. The highest BCUT2D eigenvalue weighted by atomic mass is 28.4. The van der Waals surface area contributed by atoms with Crippen LogP contribution in [-0.4, -0.2) is 63.4 Å². The van der Waals surface area contributed by atoms with Gasteiger partial charge in [0.2, 0.25) is 6.29 Å². The maximum atomic E-state index is 11.9. The van der Waals surface area contributed by atoms with E-state index in [1.807, 2.05) is 36.4 Å². The van der Waals surface area contributed by atoms with E-state index in [0.29, 0.717) is 0 Å². The molecule has 8 nitrogen and oxygen atoms in total. The van der Waals surface area contributed by atoms with Crippen molar-refractivity contribution in [3.63, 3.8) is 0 Å². The summed E-state index contributed by atoms with van der Waals surface area (Å²) in [6.07, 6.45) is -3.89. The Morgan fingerprint density at radius 2 is 1.39 bits per heavy atom. The Morgan fingerprint density at radius 3 is 1.87 bits per heavy atom. The average Bonchev–Trinajstić information content (AvgIpc) is 3.17. The van der Waals surface area contributed by atoms with E-state index < -0.39 is 56.7 Å². The Hall–Kier alpha value is -2.56. The Balaban J connectivity index is 1.87. The van der Waals surface area contributed by atoms with Crippen molar-refractivity contribution in [2.24, 2.45) is 0 Å². The first-order chi connectivity index (χ1) is 17.8. The number of ether oxygens (including phenoxy) is 5. The van der Waals surface area contributed by atoms with E-state index in [1.54, 1.807) is 13.8 Å². The van der Waals surface area contributed by atoms with E-state index in [0.717, 1.165) is 10.4 Å². The first-order valence-electron chi connectivity index (χ1n) is 12.9. The zero-order valence-corrected chi connectivity index (χ0v) is 24.1. The molecule has 0 bridgehead atoms. The van der Waals surface area contributed by atoms with Gasteiger partial charge in [-0.05, 0) is 29.3 Å². The Kier molecular flexibility index (Phi) is 8.16. The lowest BCUT2D eigenvalue weighted by atomic mass is 9.99. The molecule has 2 fully saturated rings. The minimum Gasteiger partial charge on any atom is -0.463 e. The fourth-order valence-electron chi connectivity index (χ4n) is 5.45.